The lowest BCUT2D eigenvalue weighted by Gasteiger charge is -2.07. The Morgan fingerprint density at radius 2 is 1.93 bits per heavy atom. The summed E-state index contributed by atoms with van der Waals surface area (Å²) in [5.41, 5.74) is 0.340. The molecule has 0 aliphatic rings. The van der Waals surface area contributed by atoms with E-state index in [1.807, 2.05) is 0 Å². The number of aliphatic hydroxyl groups excluding tert-OH is 1. The van der Waals surface area contributed by atoms with Crippen molar-refractivity contribution in [2.45, 2.75) is 4.90 Å². The molecule has 0 atom stereocenters. The number of halogens is 2. The van der Waals surface area contributed by atoms with Gasteiger partial charge in [-0.2, -0.15) is 0 Å². The first-order chi connectivity index (χ1) is 6.69. The molecule has 1 aromatic rings. The number of thioether (sulfide) groups is 1. The number of anilines is 1. The first-order valence-corrected chi connectivity index (χ1v) is 5.29. The highest BCUT2D eigenvalue weighted by Gasteiger charge is 2.09. The minimum Gasteiger partial charge on any atom is -0.395 e. The Kier molecular flexibility index (Phi) is 4.16. The first-order valence-electron chi connectivity index (χ1n) is 4.06. The maximum atomic E-state index is 13.2. The molecule has 0 bridgehead atoms. The number of hydrogen-bond acceptors (Lipinski definition) is 3. The summed E-state index contributed by atoms with van der Waals surface area (Å²) < 4.78 is 26.4. The predicted octanol–water partition coefficient (Wildman–Crippen LogP) is 2.09. The zero-order valence-corrected chi connectivity index (χ0v) is 8.50. The molecule has 0 radical (unpaired) electrons. The molecule has 0 spiro atoms. The summed E-state index contributed by atoms with van der Waals surface area (Å²) in [7, 11) is 0. The second kappa shape index (κ2) is 5.17. The number of nitrogens with one attached hydrogen (secondary N) is 1. The van der Waals surface area contributed by atoms with Gasteiger partial charge in [-0.05, 0) is 18.4 Å². The number of benzene rings is 1. The van der Waals surface area contributed by atoms with Gasteiger partial charge in [-0.15, -0.1) is 11.8 Å². The lowest BCUT2D eigenvalue weighted by molar-refractivity contribution is 0.311. The van der Waals surface area contributed by atoms with E-state index in [4.69, 9.17) is 5.11 Å². The van der Waals surface area contributed by atoms with Gasteiger partial charge in [0.2, 0.25) is 0 Å². The van der Waals surface area contributed by atoms with Crippen LogP contribution in [0.25, 0.3) is 0 Å². The summed E-state index contributed by atoms with van der Waals surface area (Å²) in [6.45, 7) is 0.199. The molecule has 14 heavy (non-hydrogen) atoms. The van der Waals surface area contributed by atoms with Gasteiger partial charge < -0.3 is 10.4 Å². The van der Waals surface area contributed by atoms with Crippen LogP contribution >= 0.6 is 11.8 Å². The Labute approximate surface area is 85.3 Å². The largest absolute Gasteiger partial charge is 0.395 e. The number of aliphatic hydroxyl groups is 1. The number of rotatable bonds is 4. The molecule has 0 heterocycles. The van der Waals surface area contributed by atoms with Gasteiger partial charge in [0, 0.05) is 12.2 Å². The van der Waals surface area contributed by atoms with E-state index in [0.717, 1.165) is 11.8 Å². The van der Waals surface area contributed by atoms with Gasteiger partial charge in [-0.3, -0.25) is 0 Å². The third-order valence-electron chi connectivity index (χ3n) is 1.64. The van der Waals surface area contributed by atoms with E-state index in [0.29, 0.717) is 5.69 Å². The topological polar surface area (TPSA) is 32.3 Å². The van der Waals surface area contributed by atoms with Crippen LogP contribution in [0.3, 0.4) is 0 Å². The molecule has 5 heteroatoms. The molecule has 78 valence electrons. The maximum absolute atomic E-state index is 13.2. The monoisotopic (exact) mass is 219 g/mol. The zero-order valence-electron chi connectivity index (χ0n) is 7.68. The van der Waals surface area contributed by atoms with Gasteiger partial charge in [-0.1, -0.05) is 0 Å². The quantitative estimate of drug-likeness (QED) is 0.760. The highest BCUT2D eigenvalue weighted by atomic mass is 32.2. The molecule has 0 saturated carbocycles. The van der Waals surface area contributed by atoms with Gasteiger partial charge in [0.05, 0.1) is 11.5 Å². The van der Waals surface area contributed by atoms with Crippen molar-refractivity contribution in [2.24, 2.45) is 0 Å². The second-order valence-electron chi connectivity index (χ2n) is 2.62. The van der Waals surface area contributed by atoms with Crippen LogP contribution in [0.4, 0.5) is 14.5 Å². The molecule has 1 rings (SSSR count). The van der Waals surface area contributed by atoms with E-state index in [1.165, 1.54) is 12.1 Å². The molecule has 0 unspecified atom stereocenters. The van der Waals surface area contributed by atoms with Crippen molar-refractivity contribution < 1.29 is 13.9 Å². The molecular formula is C9H11F2NOS. The lowest BCUT2D eigenvalue weighted by Crippen LogP contribution is -2.06. The molecule has 1 aromatic carbocycles. The van der Waals surface area contributed by atoms with E-state index in [2.05, 4.69) is 5.32 Å². The van der Waals surface area contributed by atoms with Crippen LogP contribution < -0.4 is 5.32 Å². The fourth-order valence-corrected chi connectivity index (χ4v) is 1.57. The Morgan fingerprint density at radius 1 is 1.36 bits per heavy atom. The van der Waals surface area contributed by atoms with E-state index >= 15 is 0 Å². The van der Waals surface area contributed by atoms with Gasteiger partial charge in [0.25, 0.3) is 0 Å². The molecule has 0 amide bonds. The minimum atomic E-state index is -0.585. The Hall–Kier alpha value is -0.810. The van der Waals surface area contributed by atoms with Crippen LogP contribution in [-0.4, -0.2) is 24.5 Å². The Balaban J connectivity index is 2.90. The standard InChI is InChI=1S/C9H11F2NOS/c1-14-9-7(10)4-6(5-8(9)11)12-2-3-13/h4-5,12-13H,2-3H2,1H3. The third kappa shape index (κ3) is 2.59. The van der Waals surface area contributed by atoms with Crippen molar-refractivity contribution in [2.75, 3.05) is 24.7 Å². The highest BCUT2D eigenvalue weighted by molar-refractivity contribution is 7.98. The SMILES string of the molecule is CSc1c(F)cc(NCCO)cc1F. The van der Waals surface area contributed by atoms with Crippen molar-refractivity contribution in [3.05, 3.63) is 23.8 Å². The van der Waals surface area contributed by atoms with Crippen molar-refractivity contribution in [3.63, 3.8) is 0 Å². The van der Waals surface area contributed by atoms with Crippen LogP contribution in [0.2, 0.25) is 0 Å². The number of hydrogen-bond donors (Lipinski definition) is 2. The van der Waals surface area contributed by atoms with Crippen LogP contribution in [-0.2, 0) is 0 Å². The summed E-state index contributed by atoms with van der Waals surface area (Å²) in [5.74, 6) is -1.17. The normalized spacial score (nSPS) is 10.3. The average Bonchev–Trinajstić information content (AvgIpc) is 2.14. The summed E-state index contributed by atoms with van der Waals surface area (Å²) >= 11 is 1.03. The molecule has 0 aliphatic heterocycles. The fourth-order valence-electron chi connectivity index (χ4n) is 1.06. The van der Waals surface area contributed by atoms with Crippen molar-refractivity contribution in [1.29, 1.82) is 0 Å². The molecule has 2 N–H and O–H groups in total. The summed E-state index contributed by atoms with van der Waals surface area (Å²) in [5, 5.41) is 11.2. The van der Waals surface area contributed by atoms with Gasteiger partial charge in [-0.25, -0.2) is 8.78 Å². The molecule has 0 fully saturated rings. The Morgan fingerprint density at radius 3 is 2.36 bits per heavy atom. The predicted molar refractivity (Wildman–Crippen MR) is 53.7 cm³/mol. The lowest BCUT2D eigenvalue weighted by atomic mass is 10.3. The second-order valence-corrected chi connectivity index (χ2v) is 3.44. The maximum Gasteiger partial charge on any atom is 0.141 e. The van der Waals surface area contributed by atoms with Crippen LogP contribution in [0.5, 0.6) is 0 Å². The fraction of sp³-hybridized carbons (Fsp3) is 0.333. The van der Waals surface area contributed by atoms with E-state index in [9.17, 15) is 8.78 Å². The zero-order chi connectivity index (χ0) is 10.6. The van der Waals surface area contributed by atoms with Crippen LogP contribution in [0, 0.1) is 11.6 Å². The van der Waals surface area contributed by atoms with E-state index in [-0.39, 0.29) is 18.0 Å². The average molecular weight is 219 g/mol. The summed E-state index contributed by atoms with van der Waals surface area (Å²) in [6.07, 6.45) is 1.61. The molecule has 2 nitrogen and oxygen atoms in total. The third-order valence-corrected chi connectivity index (χ3v) is 2.44. The minimum absolute atomic E-state index is 0.0135. The van der Waals surface area contributed by atoms with Crippen molar-refractivity contribution >= 4 is 17.4 Å². The van der Waals surface area contributed by atoms with Gasteiger partial charge >= 0.3 is 0 Å². The van der Waals surface area contributed by atoms with Gasteiger partial charge in [0.1, 0.15) is 11.6 Å². The van der Waals surface area contributed by atoms with Crippen LogP contribution in [0.1, 0.15) is 0 Å². The van der Waals surface area contributed by atoms with Gasteiger partial charge in [0.15, 0.2) is 0 Å². The molecule has 0 aliphatic carbocycles. The van der Waals surface area contributed by atoms with Crippen molar-refractivity contribution in [1.82, 2.24) is 0 Å². The molecular weight excluding hydrogens is 208 g/mol. The molecule has 0 saturated heterocycles. The first kappa shape index (κ1) is 11.3. The Bertz CT molecular complexity index is 297. The van der Waals surface area contributed by atoms with E-state index < -0.39 is 11.6 Å². The van der Waals surface area contributed by atoms with Crippen molar-refractivity contribution in [3.8, 4) is 0 Å². The smallest absolute Gasteiger partial charge is 0.141 e. The van der Waals surface area contributed by atoms with Crippen LogP contribution in [0.15, 0.2) is 17.0 Å². The van der Waals surface area contributed by atoms with E-state index in [1.54, 1.807) is 6.26 Å². The molecule has 0 aromatic heterocycles. The summed E-state index contributed by atoms with van der Waals surface area (Å²) in [6, 6.07) is 2.43. The highest BCUT2D eigenvalue weighted by Crippen LogP contribution is 2.26. The summed E-state index contributed by atoms with van der Waals surface area (Å²) in [4.78, 5) is 0.0135.